The number of halogens is 1. The zero-order valence-corrected chi connectivity index (χ0v) is 13.5. The molecule has 21 heavy (non-hydrogen) atoms. The Morgan fingerprint density at radius 1 is 1.33 bits per heavy atom. The number of aromatic amines is 1. The molecular weight excluding hydrogens is 352 g/mol. The lowest BCUT2D eigenvalue weighted by atomic mass is 10.2. The van der Waals surface area contributed by atoms with Crippen LogP contribution in [0.25, 0.3) is 11.4 Å². The number of furan rings is 1. The van der Waals surface area contributed by atoms with Crippen molar-refractivity contribution in [1.29, 1.82) is 0 Å². The van der Waals surface area contributed by atoms with Crippen molar-refractivity contribution in [1.82, 2.24) is 14.9 Å². The van der Waals surface area contributed by atoms with Gasteiger partial charge in [0.1, 0.15) is 11.5 Å². The van der Waals surface area contributed by atoms with Crippen LogP contribution in [-0.2, 0) is 0 Å². The molecule has 106 valence electrons. The Bertz CT molecular complexity index is 862. The highest BCUT2D eigenvalue weighted by atomic mass is 79.9. The van der Waals surface area contributed by atoms with E-state index in [1.807, 2.05) is 43.3 Å². The third-order valence-electron chi connectivity index (χ3n) is 2.83. The van der Waals surface area contributed by atoms with Gasteiger partial charge in [0.2, 0.25) is 4.77 Å². The summed E-state index contributed by atoms with van der Waals surface area (Å²) in [6.45, 7) is 1.88. The normalized spacial score (nSPS) is 11.3. The van der Waals surface area contributed by atoms with Crippen molar-refractivity contribution in [2.45, 2.75) is 6.92 Å². The summed E-state index contributed by atoms with van der Waals surface area (Å²) in [5.41, 5.74) is 0.901. The molecule has 0 bridgehead atoms. The van der Waals surface area contributed by atoms with E-state index in [0.717, 1.165) is 15.8 Å². The molecule has 5 nitrogen and oxygen atoms in total. The van der Waals surface area contributed by atoms with Gasteiger partial charge < -0.3 is 4.42 Å². The second-order valence-electron chi connectivity index (χ2n) is 4.34. The summed E-state index contributed by atoms with van der Waals surface area (Å²) in [4.78, 5) is 0. The van der Waals surface area contributed by atoms with Crippen LogP contribution in [-0.4, -0.2) is 21.1 Å². The molecule has 0 fully saturated rings. The molecule has 0 atom stereocenters. The number of nitrogens with zero attached hydrogens (tertiary/aromatic N) is 3. The van der Waals surface area contributed by atoms with E-state index >= 15 is 0 Å². The van der Waals surface area contributed by atoms with Gasteiger partial charge in [0.05, 0.1) is 6.21 Å². The summed E-state index contributed by atoms with van der Waals surface area (Å²) >= 11 is 8.73. The number of hydrogen-bond donors (Lipinski definition) is 1. The first-order valence-electron chi connectivity index (χ1n) is 6.18. The molecule has 2 heterocycles. The number of H-pyrrole nitrogens is 1. The van der Waals surface area contributed by atoms with Gasteiger partial charge in [-0.05, 0) is 43.4 Å². The van der Waals surface area contributed by atoms with E-state index in [-0.39, 0.29) is 0 Å². The van der Waals surface area contributed by atoms with Crippen molar-refractivity contribution < 1.29 is 4.42 Å². The molecule has 1 N–H and O–H groups in total. The van der Waals surface area contributed by atoms with Crippen molar-refractivity contribution in [3.8, 4) is 11.4 Å². The SMILES string of the molecule is Cc1ccc(/C=N/n2c(-c3ccccc3Br)n[nH]c2=S)o1. The predicted molar refractivity (Wildman–Crippen MR) is 87.0 cm³/mol. The van der Waals surface area contributed by atoms with Crippen LogP contribution in [0.2, 0.25) is 0 Å². The minimum absolute atomic E-state index is 0.417. The zero-order chi connectivity index (χ0) is 14.8. The summed E-state index contributed by atoms with van der Waals surface area (Å²) in [6, 6.07) is 11.5. The van der Waals surface area contributed by atoms with Crippen LogP contribution < -0.4 is 0 Å². The van der Waals surface area contributed by atoms with Gasteiger partial charge >= 0.3 is 0 Å². The number of nitrogens with one attached hydrogen (secondary N) is 1. The molecule has 0 saturated heterocycles. The molecule has 0 aliphatic heterocycles. The van der Waals surface area contributed by atoms with E-state index in [1.54, 1.807) is 10.9 Å². The zero-order valence-electron chi connectivity index (χ0n) is 11.1. The van der Waals surface area contributed by atoms with Gasteiger partial charge in [-0.25, -0.2) is 5.10 Å². The summed E-state index contributed by atoms with van der Waals surface area (Å²) in [7, 11) is 0. The topological polar surface area (TPSA) is 59.1 Å². The lowest BCUT2D eigenvalue weighted by molar-refractivity contribution is 0.527. The monoisotopic (exact) mass is 362 g/mol. The third kappa shape index (κ3) is 2.88. The molecule has 0 radical (unpaired) electrons. The average molecular weight is 363 g/mol. The first-order chi connectivity index (χ1) is 10.1. The molecule has 2 aromatic heterocycles. The van der Waals surface area contributed by atoms with E-state index in [9.17, 15) is 0 Å². The predicted octanol–water partition coefficient (Wildman–Crippen LogP) is 4.15. The van der Waals surface area contributed by atoms with Crippen molar-refractivity contribution >= 4 is 34.4 Å². The summed E-state index contributed by atoms with van der Waals surface area (Å²) in [5.74, 6) is 2.12. The Balaban J connectivity index is 2.04. The second kappa shape index (κ2) is 5.79. The van der Waals surface area contributed by atoms with E-state index in [4.69, 9.17) is 16.6 Å². The molecule has 0 aliphatic rings. The fourth-order valence-electron chi connectivity index (χ4n) is 1.85. The molecule has 1 aromatic carbocycles. The first kappa shape index (κ1) is 14.0. The number of rotatable bonds is 3. The highest BCUT2D eigenvalue weighted by Gasteiger charge is 2.10. The maximum Gasteiger partial charge on any atom is 0.216 e. The molecule has 3 rings (SSSR count). The van der Waals surface area contributed by atoms with Gasteiger partial charge in [-0.3, -0.25) is 0 Å². The second-order valence-corrected chi connectivity index (χ2v) is 5.58. The average Bonchev–Trinajstić information content (AvgIpc) is 3.04. The fourth-order valence-corrected chi connectivity index (χ4v) is 2.49. The Kier molecular flexibility index (Phi) is 3.85. The van der Waals surface area contributed by atoms with Crippen molar-refractivity contribution in [2.24, 2.45) is 5.10 Å². The molecule has 0 spiro atoms. The van der Waals surface area contributed by atoms with E-state index in [1.165, 1.54) is 0 Å². The highest BCUT2D eigenvalue weighted by molar-refractivity contribution is 9.10. The van der Waals surface area contributed by atoms with Crippen LogP contribution >= 0.6 is 28.1 Å². The maximum atomic E-state index is 5.45. The summed E-state index contributed by atoms with van der Waals surface area (Å²) < 4.78 is 8.35. The van der Waals surface area contributed by atoms with Gasteiger partial charge in [-0.1, -0.05) is 28.1 Å². The molecule has 0 amide bonds. The first-order valence-corrected chi connectivity index (χ1v) is 7.38. The molecule has 3 aromatic rings. The lowest BCUT2D eigenvalue weighted by Gasteiger charge is -2.02. The molecule has 0 unspecified atom stereocenters. The Hall–Kier alpha value is -1.99. The van der Waals surface area contributed by atoms with Crippen LogP contribution in [0.15, 0.2) is 50.4 Å². The van der Waals surface area contributed by atoms with Crippen molar-refractivity contribution in [3.63, 3.8) is 0 Å². The molecular formula is C14H11BrN4OS. The summed E-state index contributed by atoms with van der Waals surface area (Å²) in [6.07, 6.45) is 1.61. The third-order valence-corrected chi connectivity index (χ3v) is 3.78. The van der Waals surface area contributed by atoms with Crippen LogP contribution in [0.5, 0.6) is 0 Å². The number of aryl methyl sites for hydroxylation is 1. The van der Waals surface area contributed by atoms with Gasteiger partial charge in [0, 0.05) is 10.0 Å². The van der Waals surface area contributed by atoms with Gasteiger partial charge in [0.15, 0.2) is 5.82 Å². The van der Waals surface area contributed by atoms with Crippen LogP contribution in [0.1, 0.15) is 11.5 Å². The van der Waals surface area contributed by atoms with Gasteiger partial charge in [-0.2, -0.15) is 14.9 Å². The van der Waals surface area contributed by atoms with Crippen molar-refractivity contribution in [3.05, 3.63) is 57.2 Å². The van der Waals surface area contributed by atoms with Gasteiger partial charge in [0.25, 0.3) is 0 Å². The quantitative estimate of drug-likeness (QED) is 0.562. The van der Waals surface area contributed by atoms with Crippen LogP contribution in [0, 0.1) is 11.7 Å². The van der Waals surface area contributed by atoms with Gasteiger partial charge in [-0.15, -0.1) is 0 Å². The number of hydrogen-bond acceptors (Lipinski definition) is 4. The molecule has 7 heteroatoms. The molecule has 0 aliphatic carbocycles. The fraction of sp³-hybridized carbons (Fsp3) is 0.0714. The molecule has 0 saturated carbocycles. The Morgan fingerprint density at radius 2 is 2.14 bits per heavy atom. The lowest BCUT2D eigenvalue weighted by Crippen LogP contribution is -1.95. The Morgan fingerprint density at radius 3 is 2.86 bits per heavy atom. The highest BCUT2D eigenvalue weighted by Crippen LogP contribution is 2.26. The van der Waals surface area contributed by atoms with Crippen LogP contribution in [0.3, 0.4) is 0 Å². The minimum atomic E-state index is 0.417. The smallest absolute Gasteiger partial charge is 0.216 e. The standard InChI is InChI=1S/C14H11BrN4OS/c1-9-6-7-10(20-9)8-16-19-13(17-18-14(19)21)11-4-2-3-5-12(11)15/h2-8H,1H3,(H,18,21)/b16-8+. The van der Waals surface area contributed by atoms with Crippen LogP contribution in [0.4, 0.5) is 0 Å². The van der Waals surface area contributed by atoms with E-state index < -0.39 is 0 Å². The van der Waals surface area contributed by atoms with Crippen molar-refractivity contribution in [2.75, 3.05) is 0 Å². The van der Waals surface area contributed by atoms with E-state index in [2.05, 4.69) is 31.2 Å². The maximum absolute atomic E-state index is 5.45. The Labute approximate surface area is 134 Å². The van der Waals surface area contributed by atoms with E-state index in [0.29, 0.717) is 16.4 Å². The largest absolute Gasteiger partial charge is 0.460 e. The minimum Gasteiger partial charge on any atom is -0.460 e. The number of benzene rings is 1. The summed E-state index contributed by atoms with van der Waals surface area (Å²) in [5, 5.41) is 11.3. The number of aromatic nitrogens is 3.